The molecular weight excluding hydrogens is 160 g/mol. The van der Waals surface area contributed by atoms with Gasteiger partial charge in [0.1, 0.15) is 0 Å². The second-order valence-electron chi connectivity index (χ2n) is 5.12. The monoisotopic (exact) mass is 182 g/mol. The quantitative estimate of drug-likeness (QED) is 0.661. The highest BCUT2D eigenvalue weighted by atomic mass is 16.3. The van der Waals surface area contributed by atoms with Crippen LogP contribution in [0.25, 0.3) is 0 Å². The molecule has 0 radical (unpaired) electrons. The molecule has 13 heavy (non-hydrogen) atoms. The summed E-state index contributed by atoms with van der Waals surface area (Å²) in [5.41, 5.74) is 0. The van der Waals surface area contributed by atoms with Gasteiger partial charge in [0.25, 0.3) is 0 Å². The standard InChI is InChI=1S/C12H22O/c1-9(13)11-7-6-10-4-2-3-5-12(10)8-11/h9-13H,2-8H2,1H3. The van der Waals surface area contributed by atoms with E-state index in [-0.39, 0.29) is 6.10 Å². The lowest BCUT2D eigenvalue weighted by Gasteiger charge is -2.40. The number of aliphatic hydroxyl groups excluding tert-OH is 1. The second kappa shape index (κ2) is 4.00. The highest BCUT2D eigenvalue weighted by Crippen LogP contribution is 2.43. The molecule has 0 amide bonds. The summed E-state index contributed by atoms with van der Waals surface area (Å²) in [5, 5.41) is 9.57. The molecule has 0 aromatic heterocycles. The molecule has 1 heteroatoms. The average Bonchev–Trinajstić information content (AvgIpc) is 2.17. The van der Waals surface area contributed by atoms with Crippen LogP contribution in [0, 0.1) is 17.8 Å². The van der Waals surface area contributed by atoms with Gasteiger partial charge in [-0.15, -0.1) is 0 Å². The first-order valence-electron chi connectivity index (χ1n) is 5.95. The van der Waals surface area contributed by atoms with E-state index >= 15 is 0 Å². The molecule has 2 aliphatic carbocycles. The van der Waals surface area contributed by atoms with E-state index in [1.807, 2.05) is 6.92 Å². The van der Waals surface area contributed by atoms with E-state index in [4.69, 9.17) is 0 Å². The Balaban J connectivity index is 1.91. The molecule has 4 unspecified atom stereocenters. The van der Waals surface area contributed by atoms with Crippen LogP contribution in [-0.4, -0.2) is 11.2 Å². The molecular formula is C12H22O. The molecule has 0 bridgehead atoms. The van der Waals surface area contributed by atoms with E-state index in [0.717, 1.165) is 11.8 Å². The van der Waals surface area contributed by atoms with Gasteiger partial charge in [0.15, 0.2) is 0 Å². The molecule has 4 atom stereocenters. The van der Waals surface area contributed by atoms with Gasteiger partial charge in [-0.25, -0.2) is 0 Å². The summed E-state index contributed by atoms with van der Waals surface area (Å²) < 4.78 is 0. The topological polar surface area (TPSA) is 20.2 Å². The molecule has 0 aromatic rings. The largest absolute Gasteiger partial charge is 0.393 e. The van der Waals surface area contributed by atoms with E-state index in [1.165, 1.54) is 44.9 Å². The zero-order valence-electron chi connectivity index (χ0n) is 8.71. The molecule has 0 heterocycles. The van der Waals surface area contributed by atoms with Gasteiger partial charge in [-0.2, -0.15) is 0 Å². The molecule has 2 rings (SSSR count). The summed E-state index contributed by atoms with van der Waals surface area (Å²) in [7, 11) is 0. The Kier molecular flexibility index (Phi) is 2.92. The van der Waals surface area contributed by atoms with Gasteiger partial charge in [-0.3, -0.25) is 0 Å². The maximum Gasteiger partial charge on any atom is 0.0540 e. The fraction of sp³-hybridized carbons (Fsp3) is 1.00. The maximum absolute atomic E-state index is 9.57. The van der Waals surface area contributed by atoms with Crippen molar-refractivity contribution in [2.75, 3.05) is 0 Å². The number of aliphatic hydroxyl groups is 1. The van der Waals surface area contributed by atoms with E-state index in [2.05, 4.69) is 0 Å². The van der Waals surface area contributed by atoms with Gasteiger partial charge in [-0.05, 0) is 43.9 Å². The van der Waals surface area contributed by atoms with Crippen LogP contribution in [0.15, 0.2) is 0 Å². The minimum absolute atomic E-state index is 0.0668. The van der Waals surface area contributed by atoms with Gasteiger partial charge in [0.2, 0.25) is 0 Å². The van der Waals surface area contributed by atoms with Crippen molar-refractivity contribution in [1.29, 1.82) is 0 Å². The molecule has 2 aliphatic rings. The van der Waals surface area contributed by atoms with Crippen molar-refractivity contribution in [3.8, 4) is 0 Å². The fourth-order valence-electron chi connectivity index (χ4n) is 3.35. The number of hydrogen-bond acceptors (Lipinski definition) is 1. The third kappa shape index (κ3) is 2.07. The van der Waals surface area contributed by atoms with Crippen molar-refractivity contribution in [2.24, 2.45) is 17.8 Å². The fourth-order valence-corrected chi connectivity index (χ4v) is 3.35. The van der Waals surface area contributed by atoms with Crippen molar-refractivity contribution in [3.05, 3.63) is 0 Å². The van der Waals surface area contributed by atoms with Gasteiger partial charge >= 0.3 is 0 Å². The Morgan fingerprint density at radius 1 is 1.00 bits per heavy atom. The van der Waals surface area contributed by atoms with Gasteiger partial charge < -0.3 is 5.11 Å². The summed E-state index contributed by atoms with van der Waals surface area (Å²) in [6.45, 7) is 1.97. The predicted molar refractivity (Wildman–Crippen MR) is 54.5 cm³/mol. The first kappa shape index (κ1) is 9.51. The third-order valence-electron chi connectivity index (χ3n) is 4.26. The van der Waals surface area contributed by atoms with Crippen molar-refractivity contribution in [2.45, 2.75) is 58.0 Å². The summed E-state index contributed by atoms with van der Waals surface area (Å²) in [6, 6.07) is 0. The molecule has 1 nitrogen and oxygen atoms in total. The van der Waals surface area contributed by atoms with Gasteiger partial charge in [0, 0.05) is 0 Å². The number of hydrogen-bond donors (Lipinski definition) is 1. The van der Waals surface area contributed by atoms with Crippen LogP contribution < -0.4 is 0 Å². The molecule has 0 spiro atoms. The maximum atomic E-state index is 9.57. The van der Waals surface area contributed by atoms with E-state index in [9.17, 15) is 5.11 Å². The Bertz CT molecular complexity index is 165. The summed E-state index contributed by atoms with van der Waals surface area (Å²) in [6.07, 6.45) is 9.71. The highest BCUT2D eigenvalue weighted by Gasteiger charge is 2.33. The van der Waals surface area contributed by atoms with Crippen molar-refractivity contribution < 1.29 is 5.11 Å². The van der Waals surface area contributed by atoms with Crippen LogP contribution in [0.3, 0.4) is 0 Å². The van der Waals surface area contributed by atoms with Crippen LogP contribution in [0.5, 0.6) is 0 Å². The lowest BCUT2D eigenvalue weighted by Crippen LogP contribution is -2.32. The zero-order chi connectivity index (χ0) is 9.26. The van der Waals surface area contributed by atoms with Crippen molar-refractivity contribution >= 4 is 0 Å². The number of fused-ring (bicyclic) bond motifs is 1. The Morgan fingerprint density at radius 2 is 1.69 bits per heavy atom. The summed E-state index contributed by atoms with van der Waals surface area (Å²) in [5.74, 6) is 2.59. The first-order valence-corrected chi connectivity index (χ1v) is 5.95. The van der Waals surface area contributed by atoms with Crippen LogP contribution in [0.2, 0.25) is 0 Å². The smallest absolute Gasteiger partial charge is 0.0540 e. The highest BCUT2D eigenvalue weighted by molar-refractivity contribution is 4.84. The van der Waals surface area contributed by atoms with E-state index in [0.29, 0.717) is 5.92 Å². The van der Waals surface area contributed by atoms with Crippen LogP contribution in [0.1, 0.15) is 51.9 Å². The minimum Gasteiger partial charge on any atom is -0.393 e. The van der Waals surface area contributed by atoms with Crippen molar-refractivity contribution in [1.82, 2.24) is 0 Å². The van der Waals surface area contributed by atoms with E-state index < -0.39 is 0 Å². The molecule has 76 valence electrons. The molecule has 0 saturated heterocycles. The lowest BCUT2D eigenvalue weighted by molar-refractivity contribution is 0.0459. The molecule has 0 aliphatic heterocycles. The first-order chi connectivity index (χ1) is 6.27. The normalized spacial score (nSPS) is 42.5. The molecule has 1 N–H and O–H groups in total. The van der Waals surface area contributed by atoms with Crippen molar-refractivity contribution in [3.63, 3.8) is 0 Å². The van der Waals surface area contributed by atoms with Crippen LogP contribution in [0.4, 0.5) is 0 Å². The van der Waals surface area contributed by atoms with Crippen LogP contribution >= 0.6 is 0 Å². The van der Waals surface area contributed by atoms with Gasteiger partial charge in [-0.1, -0.05) is 25.7 Å². The molecule has 2 fully saturated rings. The number of rotatable bonds is 1. The molecule has 0 aromatic carbocycles. The summed E-state index contributed by atoms with van der Waals surface area (Å²) >= 11 is 0. The van der Waals surface area contributed by atoms with E-state index in [1.54, 1.807) is 0 Å². The average molecular weight is 182 g/mol. The SMILES string of the molecule is CC(O)C1CCC2CCCCC2C1. The Hall–Kier alpha value is -0.0400. The third-order valence-corrected chi connectivity index (χ3v) is 4.26. The lowest BCUT2D eigenvalue weighted by atomic mass is 9.66. The Labute approximate surface area is 81.5 Å². The summed E-state index contributed by atoms with van der Waals surface area (Å²) in [4.78, 5) is 0. The van der Waals surface area contributed by atoms with Gasteiger partial charge in [0.05, 0.1) is 6.10 Å². The predicted octanol–water partition coefficient (Wildman–Crippen LogP) is 2.97. The second-order valence-corrected chi connectivity index (χ2v) is 5.12. The minimum atomic E-state index is -0.0668. The van der Waals surface area contributed by atoms with Crippen LogP contribution in [-0.2, 0) is 0 Å². The zero-order valence-corrected chi connectivity index (χ0v) is 8.71. The Morgan fingerprint density at radius 3 is 2.38 bits per heavy atom. The molecule has 2 saturated carbocycles.